The Morgan fingerprint density at radius 2 is 1.82 bits per heavy atom. The Hall–Kier alpha value is -0.860. The maximum atomic E-state index is 10.5. The molecule has 62 valence electrons. The fourth-order valence-corrected chi connectivity index (χ4v) is 1.50. The molecule has 0 amide bonds. The predicted molar refractivity (Wildman–Crippen MR) is 39.1 cm³/mol. The summed E-state index contributed by atoms with van der Waals surface area (Å²) in [4.78, 5) is 20.8. The highest BCUT2D eigenvalue weighted by atomic mass is 16.4. The van der Waals surface area contributed by atoms with Crippen LogP contribution in [0.4, 0.5) is 0 Å². The smallest absolute Gasteiger partial charge is 0.306 e. The summed E-state index contributed by atoms with van der Waals surface area (Å²) in [6.45, 7) is 0. The van der Waals surface area contributed by atoms with Gasteiger partial charge < -0.3 is 9.90 Å². The van der Waals surface area contributed by atoms with E-state index >= 15 is 0 Å². The molecule has 0 atom stereocenters. The summed E-state index contributed by atoms with van der Waals surface area (Å²) < 4.78 is 0. The summed E-state index contributed by atoms with van der Waals surface area (Å²) in [5.74, 6) is -0.800. The minimum absolute atomic E-state index is 0.116. The van der Waals surface area contributed by atoms with Gasteiger partial charge in [-0.25, -0.2) is 0 Å². The van der Waals surface area contributed by atoms with E-state index in [1.165, 1.54) is 0 Å². The van der Waals surface area contributed by atoms with Gasteiger partial charge in [0.25, 0.3) is 0 Å². The molecule has 1 N–H and O–H groups in total. The first-order valence-corrected chi connectivity index (χ1v) is 3.92. The average molecular weight is 156 g/mol. The van der Waals surface area contributed by atoms with Crippen LogP contribution in [-0.4, -0.2) is 17.4 Å². The fourth-order valence-electron chi connectivity index (χ4n) is 1.50. The van der Waals surface area contributed by atoms with Gasteiger partial charge in [-0.3, -0.25) is 4.79 Å². The van der Waals surface area contributed by atoms with Crippen LogP contribution in [0.1, 0.15) is 25.7 Å². The lowest BCUT2D eigenvalue weighted by molar-refractivity contribution is -0.143. The van der Waals surface area contributed by atoms with Crippen molar-refractivity contribution in [1.29, 1.82) is 0 Å². The van der Waals surface area contributed by atoms with Crippen LogP contribution in [0, 0.1) is 11.8 Å². The molecular formula is C8H12O3. The van der Waals surface area contributed by atoms with Gasteiger partial charge in [0.2, 0.25) is 0 Å². The maximum absolute atomic E-state index is 10.5. The van der Waals surface area contributed by atoms with Crippen molar-refractivity contribution in [1.82, 2.24) is 0 Å². The Bertz CT molecular complexity index is 157. The summed E-state index contributed by atoms with van der Waals surface area (Å²) in [5.41, 5.74) is 0. The second-order valence-electron chi connectivity index (χ2n) is 3.09. The van der Waals surface area contributed by atoms with E-state index in [0.29, 0.717) is 12.8 Å². The van der Waals surface area contributed by atoms with E-state index in [4.69, 9.17) is 5.11 Å². The van der Waals surface area contributed by atoms with Gasteiger partial charge in [-0.2, -0.15) is 0 Å². The van der Waals surface area contributed by atoms with Crippen molar-refractivity contribution in [2.75, 3.05) is 0 Å². The molecule has 0 bridgehead atoms. The number of hydrogen-bond acceptors (Lipinski definition) is 2. The Kier molecular flexibility index (Phi) is 2.63. The van der Waals surface area contributed by atoms with Gasteiger partial charge >= 0.3 is 5.97 Å². The molecule has 1 fully saturated rings. The highest BCUT2D eigenvalue weighted by Crippen LogP contribution is 2.27. The number of carboxylic acids is 1. The quantitative estimate of drug-likeness (QED) is 0.608. The van der Waals surface area contributed by atoms with Crippen molar-refractivity contribution >= 4 is 12.3 Å². The standard InChI is InChI=1S/C8H12O3/c9-5-6-1-3-7(4-2-6)8(10)11/h5-7H,1-4H2,(H,10,11)/t6-,7-. The summed E-state index contributed by atoms with van der Waals surface area (Å²) in [6.07, 6.45) is 3.77. The molecule has 0 unspecified atom stereocenters. The van der Waals surface area contributed by atoms with Gasteiger partial charge in [0, 0.05) is 5.92 Å². The van der Waals surface area contributed by atoms with Crippen LogP contribution in [0.25, 0.3) is 0 Å². The van der Waals surface area contributed by atoms with Crippen LogP contribution in [0.5, 0.6) is 0 Å². The van der Waals surface area contributed by atoms with Crippen LogP contribution < -0.4 is 0 Å². The van der Waals surface area contributed by atoms with Crippen LogP contribution in [0.2, 0.25) is 0 Å². The zero-order valence-corrected chi connectivity index (χ0v) is 6.32. The van der Waals surface area contributed by atoms with Crippen molar-refractivity contribution in [2.24, 2.45) is 11.8 Å². The lowest BCUT2D eigenvalue weighted by Gasteiger charge is -2.21. The molecule has 0 spiro atoms. The monoisotopic (exact) mass is 156 g/mol. The lowest BCUT2D eigenvalue weighted by atomic mass is 9.83. The number of carboxylic acid groups (broad SMARTS) is 1. The molecule has 1 aliphatic carbocycles. The molecule has 1 aliphatic rings. The Morgan fingerprint density at radius 1 is 1.27 bits per heavy atom. The van der Waals surface area contributed by atoms with Crippen LogP contribution in [-0.2, 0) is 9.59 Å². The molecule has 0 aromatic rings. The largest absolute Gasteiger partial charge is 0.481 e. The van der Waals surface area contributed by atoms with Crippen LogP contribution >= 0.6 is 0 Å². The van der Waals surface area contributed by atoms with Crippen molar-refractivity contribution < 1.29 is 14.7 Å². The molecule has 11 heavy (non-hydrogen) atoms. The third kappa shape index (κ3) is 2.03. The SMILES string of the molecule is O=C[C@H]1CC[C@H](C(=O)O)CC1. The first-order chi connectivity index (χ1) is 5.24. The predicted octanol–water partition coefficient (Wildman–Crippen LogP) is 1.08. The number of aliphatic carboxylic acids is 1. The van der Waals surface area contributed by atoms with Gasteiger partial charge in [0.15, 0.2) is 0 Å². The molecule has 1 rings (SSSR count). The number of rotatable bonds is 2. The second kappa shape index (κ2) is 3.51. The van der Waals surface area contributed by atoms with E-state index < -0.39 is 5.97 Å². The fraction of sp³-hybridized carbons (Fsp3) is 0.750. The van der Waals surface area contributed by atoms with Crippen LogP contribution in [0.15, 0.2) is 0 Å². The Labute approximate surface area is 65.4 Å². The molecule has 0 radical (unpaired) electrons. The average Bonchev–Trinajstić information content (AvgIpc) is 2.05. The Balaban J connectivity index is 2.35. The van der Waals surface area contributed by atoms with Gasteiger partial charge in [-0.1, -0.05) is 0 Å². The van der Waals surface area contributed by atoms with Gasteiger partial charge in [-0.15, -0.1) is 0 Å². The zero-order chi connectivity index (χ0) is 8.27. The zero-order valence-electron chi connectivity index (χ0n) is 6.32. The van der Waals surface area contributed by atoms with Gasteiger partial charge in [-0.05, 0) is 25.7 Å². The summed E-state index contributed by atoms with van der Waals surface area (Å²) in [5, 5.41) is 8.61. The van der Waals surface area contributed by atoms with E-state index in [1.807, 2.05) is 0 Å². The van der Waals surface area contributed by atoms with E-state index in [-0.39, 0.29) is 11.8 Å². The highest BCUT2D eigenvalue weighted by Gasteiger charge is 2.25. The number of carbonyl (C=O) groups is 2. The third-order valence-electron chi connectivity index (χ3n) is 2.31. The molecular weight excluding hydrogens is 144 g/mol. The summed E-state index contributed by atoms with van der Waals surface area (Å²) >= 11 is 0. The third-order valence-corrected chi connectivity index (χ3v) is 2.31. The number of carbonyl (C=O) groups excluding carboxylic acids is 1. The van der Waals surface area contributed by atoms with Gasteiger partial charge in [0.05, 0.1) is 5.92 Å². The van der Waals surface area contributed by atoms with E-state index in [0.717, 1.165) is 19.1 Å². The first kappa shape index (κ1) is 8.24. The molecule has 0 aromatic carbocycles. The number of aldehydes is 1. The summed E-state index contributed by atoms with van der Waals surface area (Å²) in [7, 11) is 0. The lowest BCUT2D eigenvalue weighted by Crippen LogP contribution is -2.21. The van der Waals surface area contributed by atoms with E-state index in [2.05, 4.69) is 0 Å². The maximum Gasteiger partial charge on any atom is 0.306 e. The molecule has 3 nitrogen and oxygen atoms in total. The van der Waals surface area contributed by atoms with Crippen molar-refractivity contribution in [2.45, 2.75) is 25.7 Å². The Morgan fingerprint density at radius 3 is 2.18 bits per heavy atom. The van der Waals surface area contributed by atoms with Crippen molar-refractivity contribution in [3.05, 3.63) is 0 Å². The second-order valence-corrected chi connectivity index (χ2v) is 3.09. The minimum atomic E-state index is -0.714. The van der Waals surface area contributed by atoms with Crippen molar-refractivity contribution in [3.8, 4) is 0 Å². The highest BCUT2D eigenvalue weighted by molar-refractivity contribution is 5.70. The molecule has 1 saturated carbocycles. The normalized spacial score (nSPS) is 31.3. The molecule has 0 aliphatic heterocycles. The number of hydrogen-bond donors (Lipinski definition) is 1. The van der Waals surface area contributed by atoms with E-state index in [9.17, 15) is 9.59 Å². The minimum Gasteiger partial charge on any atom is -0.481 e. The topological polar surface area (TPSA) is 54.4 Å². The molecule has 0 heterocycles. The van der Waals surface area contributed by atoms with E-state index in [1.54, 1.807) is 0 Å². The summed E-state index contributed by atoms with van der Waals surface area (Å²) in [6, 6.07) is 0. The van der Waals surface area contributed by atoms with Crippen LogP contribution in [0.3, 0.4) is 0 Å². The molecule has 0 aromatic heterocycles. The first-order valence-electron chi connectivity index (χ1n) is 3.92. The van der Waals surface area contributed by atoms with Crippen molar-refractivity contribution in [3.63, 3.8) is 0 Å². The van der Waals surface area contributed by atoms with Gasteiger partial charge in [0.1, 0.15) is 6.29 Å². The molecule has 3 heteroatoms. The molecule has 0 saturated heterocycles.